The first-order valence-electron chi connectivity index (χ1n) is 5.80. The number of aromatic nitrogens is 2. The molecule has 0 fully saturated rings. The number of benzene rings is 1. The third kappa shape index (κ3) is 2.71. The van der Waals surface area contributed by atoms with Crippen LogP contribution in [0.1, 0.15) is 30.2 Å². The van der Waals surface area contributed by atoms with Crippen LogP contribution in [0.5, 0.6) is 5.75 Å². The number of ether oxygens (including phenoxy) is 1. The fourth-order valence-corrected chi connectivity index (χ4v) is 1.80. The predicted octanol–water partition coefficient (Wildman–Crippen LogP) is 2.92. The predicted molar refractivity (Wildman–Crippen MR) is 73.4 cm³/mol. The SMILES string of the molecule is CC(C)n1ncc(C(=O)Oc2ccccc2Cl)c1N. The Bertz CT molecular complexity index is 608. The summed E-state index contributed by atoms with van der Waals surface area (Å²) < 4.78 is 6.76. The number of anilines is 1. The Balaban J connectivity index is 2.24. The van der Waals surface area contributed by atoms with Gasteiger partial charge in [0.15, 0.2) is 0 Å². The molecule has 0 bridgehead atoms. The van der Waals surface area contributed by atoms with Crippen LogP contribution in [0.2, 0.25) is 5.02 Å². The van der Waals surface area contributed by atoms with E-state index >= 15 is 0 Å². The number of para-hydroxylation sites is 1. The molecular weight excluding hydrogens is 266 g/mol. The summed E-state index contributed by atoms with van der Waals surface area (Å²) in [7, 11) is 0. The fourth-order valence-electron chi connectivity index (χ4n) is 1.62. The lowest BCUT2D eigenvalue weighted by Gasteiger charge is -2.08. The van der Waals surface area contributed by atoms with E-state index in [0.29, 0.717) is 10.8 Å². The van der Waals surface area contributed by atoms with Crippen LogP contribution in [0.15, 0.2) is 30.5 Å². The lowest BCUT2D eigenvalue weighted by molar-refractivity contribution is 0.0736. The average molecular weight is 280 g/mol. The monoisotopic (exact) mass is 279 g/mol. The van der Waals surface area contributed by atoms with Gasteiger partial charge in [-0.25, -0.2) is 9.48 Å². The zero-order valence-electron chi connectivity index (χ0n) is 10.6. The van der Waals surface area contributed by atoms with Gasteiger partial charge in [0, 0.05) is 6.04 Å². The largest absolute Gasteiger partial charge is 0.421 e. The van der Waals surface area contributed by atoms with Crippen LogP contribution in [0.3, 0.4) is 0 Å². The van der Waals surface area contributed by atoms with Crippen molar-refractivity contribution in [1.29, 1.82) is 0 Å². The van der Waals surface area contributed by atoms with Crippen molar-refractivity contribution in [2.45, 2.75) is 19.9 Å². The molecule has 2 rings (SSSR count). The topological polar surface area (TPSA) is 70.1 Å². The van der Waals surface area contributed by atoms with Crippen LogP contribution in [0, 0.1) is 0 Å². The molecule has 0 spiro atoms. The number of halogens is 1. The molecule has 6 heteroatoms. The van der Waals surface area contributed by atoms with Crippen molar-refractivity contribution in [2.75, 3.05) is 5.73 Å². The summed E-state index contributed by atoms with van der Waals surface area (Å²) in [5, 5.41) is 4.42. The standard InChI is InChI=1S/C13H14ClN3O2/c1-8(2)17-12(15)9(7-16-17)13(18)19-11-6-4-3-5-10(11)14/h3-8H,15H2,1-2H3. The minimum absolute atomic E-state index is 0.0712. The first kappa shape index (κ1) is 13.4. The van der Waals surface area contributed by atoms with Crippen LogP contribution in [0.4, 0.5) is 5.82 Å². The first-order chi connectivity index (χ1) is 9.00. The Hall–Kier alpha value is -2.01. The Morgan fingerprint density at radius 1 is 1.42 bits per heavy atom. The number of nitrogens with zero attached hydrogens (tertiary/aromatic N) is 2. The van der Waals surface area contributed by atoms with E-state index in [1.54, 1.807) is 28.9 Å². The van der Waals surface area contributed by atoms with E-state index < -0.39 is 5.97 Å². The van der Waals surface area contributed by atoms with Crippen molar-refractivity contribution in [3.05, 3.63) is 41.0 Å². The van der Waals surface area contributed by atoms with Crippen LogP contribution in [0.25, 0.3) is 0 Å². The van der Waals surface area contributed by atoms with Gasteiger partial charge in [0.2, 0.25) is 0 Å². The zero-order chi connectivity index (χ0) is 14.0. The Morgan fingerprint density at radius 3 is 2.68 bits per heavy atom. The van der Waals surface area contributed by atoms with Crippen molar-refractivity contribution in [3.63, 3.8) is 0 Å². The van der Waals surface area contributed by atoms with Crippen molar-refractivity contribution in [3.8, 4) is 5.75 Å². The average Bonchev–Trinajstić information content (AvgIpc) is 2.74. The Kier molecular flexibility index (Phi) is 3.76. The highest BCUT2D eigenvalue weighted by Gasteiger charge is 2.19. The third-order valence-corrected chi connectivity index (χ3v) is 2.89. The van der Waals surface area contributed by atoms with E-state index in [9.17, 15) is 4.79 Å². The smallest absolute Gasteiger partial charge is 0.349 e. The number of carbonyl (C=O) groups excluding carboxylic acids is 1. The molecule has 0 saturated heterocycles. The molecule has 0 atom stereocenters. The molecule has 2 N–H and O–H groups in total. The second kappa shape index (κ2) is 5.32. The molecule has 0 aliphatic rings. The lowest BCUT2D eigenvalue weighted by atomic mass is 10.3. The maximum absolute atomic E-state index is 12.0. The van der Waals surface area contributed by atoms with Crippen LogP contribution >= 0.6 is 11.6 Å². The molecule has 0 amide bonds. The van der Waals surface area contributed by atoms with Gasteiger partial charge < -0.3 is 10.5 Å². The highest BCUT2D eigenvalue weighted by molar-refractivity contribution is 6.32. The van der Waals surface area contributed by atoms with Crippen molar-refractivity contribution < 1.29 is 9.53 Å². The van der Waals surface area contributed by atoms with Crippen LogP contribution in [-0.2, 0) is 0 Å². The summed E-state index contributed by atoms with van der Waals surface area (Å²) in [5.74, 6) is 0.00965. The highest BCUT2D eigenvalue weighted by atomic mass is 35.5. The zero-order valence-corrected chi connectivity index (χ0v) is 11.4. The molecule has 100 valence electrons. The van der Waals surface area contributed by atoms with Gasteiger partial charge >= 0.3 is 5.97 Å². The maximum Gasteiger partial charge on any atom is 0.349 e. The molecule has 19 heavy (non-hydrogen) atoms. The minimum atomic E-state index is -0.572. The van der Waals surface area contributed by atoms with Gasteiger partial charge in [-0.15, -0.1) is 0 Å². The second-order valence-corrected chi connectivity index (χ2v) is 4.71. The number of hydrogen-bond donors (Lipinski definition) is 1. The van der Waals surface area contributed by atoms with E-state index in [1.165, 1.54) is 6.20 Å². The van der Waals surface area contributed by atoms with E-state index in [4.69, 9.17) is 22.1 Å². The highest BCUT2D eigenvalue weighted by Crippen LogP contribution is 2.25. The van der Waals surface area contributed by atoms with Gasteiger partial charge in [0.25, 0.3) is 0 Å². The quantitative estimate of drug-likeness (QED) is 0.693. The molecule has 0 saturated carbocycles. The summed E-state index contributed by atoms with van der Waals surface area (Å²) in [6.07, 6.45) is 1.40. The Morgan fingerprint density at radius 2 is 2.11 bits per heavy atom. The van der Waals surface area contributed by atoms with Gasteiger partial charge in [-0.3, -0.25) is 0 Å². The molecule has 1 aromatic heterocycles. The molecule has 1 heterocycles. The number of esters is 1. The minimum Gasteiger partial charge on any atom is -0.421 e. The summed E-state index contributed by atoms with van der Waals surface area (Å²) in [4.78, 5) is 12.0. The first-order valence-corrected chi connectivity index (χ1v) is 6.18. The maximum atomic E-state index is 12.0. The molecule has 0 unspecified atom stereocenters. The van der Waals surface area contributed by atoms with Crippen molar-refractivity contribution >= 4 is 23.4 Å². The molecule has 0 aliphatic carbocycles. The number of nitrogen functional groups attached to an aromatic ring is 1. The van der Waals surface area contributed by atoms with Gasteiger partial charge in [0.05, 0.1) is 11.2 Å². The summed E-state index contributed by atoms with van der Waals surface area (Å²) in [5.41, 5.74) is 6.09. The van der Waals surface area contributed by atoms with Gasteiger partial charge in [-0.1, -0.05) is 23.7 Å². The number of nitrogens with two attached hydrogens (primary N) is 1. The van der Waals surface area contributed by atoms with E-state index in [1.807, 2.05) is 13.8 Å². The van der Waals surface area contributed by atoms with Crippen molar-refractivity contribution in [2.24, 2.45) is 0 Å². The van der Waals surface area contributed by atoms with Gasteiger partial charge in [0.1, 0.15) is 17.1 Å². The number of hydrogen-bond acceptors (Lipinski definition) is 4. The summed E-state index contributed by atoms with van der Waals surface area (Å²) >= 11 is 5.92. The molecule has 1 aromatic carbocycles. The fraction of sp³-hybridized carbons (Fsp3) is 0.231. The van der Waals surface area contributed by atoms with E-state index in [0.717, 1.165) is 0 Å². The number of carbonyl (C=O) groups is 1. The van der Waals surface area contributed by atoms with Crippen LogP contribution in [-0.4, -0.2) is 15.7 Å². The normalized spacial score (nSPS) is 10.7. The van der Waals surface area contributed by atoms with Crippen molar-refractivity contribution in [1.82, 2.24) is 9.78 Å². The van der Waals surface area contributed by atoms with Crippen LogP contribution < -0.4 is 10.5 Å². The number of rotatable bonds is 3. The van der Waals surface area contributed by atoms with E-state index in [-0.39, 0.29) is 17.4 Å². The molecular formula is C13H14ClN3O2. The molecule has 5 nitrogen and oxygen atoms in total. The van der Waals surface area contributed by atoms with Gasteiger partial charge in [-0.05, 0) is 26.0 Å². The molecule has 0 radical (unpaired) electrons. The molecule has 2 aromatic rings. The second-order valence-electron chi connectivity index (χ2n) is 4.30. The third-order valence-electron chi connectivity index (χ3n) is 2.58. The molecule has 0 aliphatic heterocycles. The summed E-state index contributed by atoms with van der Waals surface area (Å²) in [6.45, 7) is 3.85. The summed E-state index contributed by atoms with van der Waals surface area (Å²) in [6, 6.07) is 6.82. The van der Waals surface area contributed by atoms with E-state index in [2.05, 4.69) is 5.10 Å². The lowest BCUT2D eigenvalue weighted by Crippen LogP contribution is -2.13. The van der Waals surface area contributed by atoms with Gasteiger partial charge in [-0.2, -0.15) is 5.10 Å². The Labute approximate surface area is 115 Å².